The minimum Gasteiger partial charge on any atom is -0.504 e. The molecule has 2 rings (SSSR count). The smallest absolute Gasteiger partial charge is 0.161 e. The van der Waals surface area contributed by atoms with Crippen molar-refractivity contribution in [2.75, 3.05) is 18.1 Å². The minimum atomic E-state index is 0.217. The zero-order valence-corrected chi connectivity index (χ0v) is 11.6. The third kappa shape index (κ3) is 3.82. The highest BCUT2D eigenvalue weighted by atomic mass is 32.2. The van der Waals surface area contributed by atoms with E-state index >= 15 is 0 Å². The van der Waals surface area contributed by atoms with Gasteiger partial charge in [0.05, 0.1) is 6.61 Å². The lowest BCUT2D eigenvalue weighted by Gasteiger charge is -2.22. The van der Waals surface area contributed by atoms with E-state index in [2.05, 4.69) is 5.32 Å². The highest BCUT2D eigenvalue weighted by molar-refractivity contribution is 7.99. The molecule has 4 heteroatoms. The maximum atomic E-state index is 9.63. The van der Waals surface area contributed by atoms with Crippen LogP contribution in [0.3, 0.4) is 0 Å². The highest BCUT2D eigenvalue weighted by Crippen LogP contribution is 2.27. The lowest BCUT2D eigenvalue weighted by molar-refractivity contribution is 0.317. The van der Waals surface area contributed by atoms with E-state index in [4.69, 9.17) is 4.74 Å². The first-order chi connectivity index (χ1) is 8.79. The Labute approximate surface area is 113 Å². The Hall–Kier alpha value is -0.870. The molecule has 0 aliphatic carbocycles. The normalized spacial score (nSPS) is 16.7. The van der Waals surface area contributed by atoms with E-state index in [0.29, 0.717) is 18.4 Å². The Bertz CT molecular complexity index is 378. The molecule has 18 heavy (non-hydrogen) atoms. The van der Waals surface area contributed by atoms with Crippen molar-refractivity contribution in [2.45, 2.75) is 32.4 Å². The zero-order chi connectivity index (χ0) is 12.8. The van der Waals surface area contributed by atoms with Gasteiger partial charge in [0, 0.05) is 12.6 Å². The Balaban J connectivity index is 1.90. The van der Waals surface area contributed by atoms with Crippen LogP contribution in [0.4, 0.5) is 0 Å². The van der Waals surface area contributed by atoms with Gasteiger partial charge in [0.1, 0.15) is 0 Å². The maximum absolute atomic E-state index is 9.63. The molecule has 0 bridgehead atoms. The molecule has 0 spiro atoms. The molecule has 100 valence electrons. The fraction of sp³-hybridized carbons (Fsp3) is 0.571. The monoisotopic (exact) mass is 267 g/mol. The predicted molar refractivity (Wildman–Crippen MR) is 76.5 cm³/mol. The predicted octanol–water partition coefficient (Wildman–Crippen LogP) is 2.78. The molecule has 1 fully saturated rings. The van der Waals surface area contributed by atoms with Gasteiger partial charge in [-0.25, -0.2) is 0 Å². The molecular weight excluding hydrogens is 246 g/mol. The van der Waals surface area contributed by atoms with E-state index in [1.165, 1.54) is 24.3 Å². The van der Waals surface area contributed by atoms with E-state index in [1.807, 2.05) is 30.8 Å². The summed E-state index contributed by atoms with van der Waals surface area (Å²) in [6, 6.07) is 6.21. The quantitative estimate of drug-likeness (QED) is 0.861. The first kappa shape index (κ1) is 13.6. The maximum Gasteiger partial charge on any atom is 0.161 e. The van der Waals surface area contributed by atoms with Crippen LogP contribution < -0.4 is 10.1 Å². The molecule has 1 heterocycles. The summed E-state index contributed by atoms with van der Waals surface area (Å²) in [5.74, 6) is 3.32. The Morgan fingerprint density at radius 3 is 2.89 bits per heavy atom. The molecule has 1 aliphatic rings. The molecule has 1 saturated heterocycles. The number of phenols is 1. The van der Waals surface area contributed by atoms with Gasteiger partial charge in [0.25, 0.3) is 0 Å². The standard InChI is InChI=1S/C14H21NO2S/c1-2-17-14-9-11(3-4-13(14)16)10-15-12-5-7-18-8-6-12/h3-4,9,12,15-16H,2,5-8,10H2,1H3. The number of phenolic OH excluding ortho intramolecular Hbond substituents is 1. The van der Waals surface area contributed by atoms with Crippen molar-refractivity contribution in [2.24, 2.45) is 0 Å². The molecular formula is C14H21NO2S. The van der Waals surface area contributed by atoms with Gasteiger partial charge >= 0.3 is 0 Å². The molecule has 0 aromatic heterocycles. The van der Waals surface area contributed by atoms with Crippen molar-refractivity contribution in [3.05, 3.63) is 23.8 Å². The molecule has 3 nitrogen and oxygen atoms in total. The van der Waals surface area contributed by atoms with Crippen LogP contribution in [0.25, 0.3) is 0 Å². The topological polar surface area (TPSA) is 41.5 Å². The number of benzene rings is 1. The van der Waals surface area contributed by atoms with Crippen LogP contribution >= 0.6 is 11.8 Å². The SMILES string of the molecule is CCOc1cc(CNC2CCSCC2)ccc1O. The fourth-order valence-corrected chi connectivity index (χ4v) is 3.21. The second kappa shape index (κ2) is 6.90. The van der Waals surface area contributed by atoms with E-state index in [-0.39, 0.29) is 5.75 Å². The average Bonchev–Trinajstić information content (AvgIpc) is 2.41. The largest absolute Gasteiger partial charge is 0.504 e. The number of hydrogen-bond acceptors (Lipinski definition) is 4. The molecule has 0 saturated carbocycles. The first-order valence-corrected chi connectivity index (χ1v) is 7.71. The Morgan fingerprint density at radius 1 is 1.39 bits per heavy atom. The van der Waals surface area contributed by atoms with Crippen LogP contribution in [0, 0.1) is 0 Å². The number of thioether (sulfide) groups is 1. The van der Waals surface area contributed by atoms with Gasteiger partial charge < -0.3 is 15.2 Å². The number of hydrogen-bond donors (Lipinski definition) is 2. The van der Waals surface area contributed by atoms with Gasteiger partial charge in [0.2, 0.25) is 0 Å². The lowest BCUT2D eigenvalue weighted by atomic mass is 10.1. The van der Waals surface area contributed by atoms with Gasteiger partial charge in [-0.2, -0.15) is 11.8 Å². The van der Waals surface area contributed by atoms with Crippen molar-refractivity contribution >= 4 is 11.8 Å². The van der Waals surface area contributed by atoms with Crippen LogP contribution in [-0.2, 0) is 6.54 Å². The van der Waals surface area contributed by atoms with Crippen LogP contribution in [0.15, 0.2) is 18.2 Å². The van der Waals surface area contributed by atoms with Crippen LogP contribution in [0.1, 0.15) is 25.3 Å². The summed E-state index contributed by atoms with van der Waals surface area (Å²) in [6.45, 7) is 3.34. The summed E-state index contributed by atoms with van der Waals surface area (Å²) in [4.78, 5) is 0. The highest BCUT2D eigenvalue weighted by Gasteiger charge is 2.13. The summed E-state index contributed by atoms with van der Waals surface area (Å²) in [5, 5.41) is 13.2. The first-order valence-electron chi connectivity index (χ1n) is 6.55. The molecule has 1 aromatic rings. The van der Waals surface area contributed by atoms with Crippen molar-refractivity contribution in [3.8, 4) is 11.5 Å². The molecule has 0 unspecified atom stereocenters. The van der Waals surface area contributed by atoms with Gasteiger partial charge in [-0.1, -0.05) is 6.07 Å². The Kier molecular flexibility index (Phi) is 5.20. The Morgan fingerprint density at radius 2 is 2.17 bits per heavy atom. The molecule has 1 aromatic carbocycles. The molecule has 0 amide bonds. The van der Waals surface area contributed by atoms with Crippen LogP contribution in [0.2, 0.25) is 0 Å². The van der Waals surface area contributed by atoms with Gasteiger partial charge in [-0.3, -0.25) is 0 Å². The van der Waals surface area contributed by atoms with Crippen molar-refractivity contribution in [3.63, 3.8) is 0 Å². The van der Waals surface area contributed by atoms with Gasteiger partial charge in [-0.05, 0) is 49.0 Å². The number of ether oxygens (including phenoxy) is 1. The number of aromatic hydroxyl groups is 1. The van der Waals surface area contributed by atoms with E-state index in [9.17, 15) is 5.11 Å². The van der Waals surface area contributed by atoms with E-state index < -0.39 is 0 Å². The molecule has 0 radical (unpaired) electrons. The number of rotatable bonds is 5. The third-order valence-electron chi connectivity index (χ3n) is 3.14. The molecule has 2 N–H and O–H groups in total. The van der Waals surface area contributed by atoms with Crippen molar-refractivity contribution in [1.82, 2.24) is 5.32 Å². The minimum absolute atomic E-state index is 0.217. The lowest BCUT2D eigenvalue weighted by Crippen LogP contribution is -2.32. The second-order valence-electron chi connectivity index (χ2n) is 4.50. The summed E-state index contributed by atoms with van der Waals surface area (Å²) < 4.78 is 5.39. The van der Waals surface area contributed by atoms with Crippen LogP contribution in [0.5, 0.6) is 11.5 Å². The van der Waals surface area contributed by atoms with Gasteiger partial charge in [-0.15, -0.1) is 0 Å². The third-order valence-corrected chi connectivity index (χ3v) is 4.19. The average molecular weight is 267 g/mol. The molecule has 1 aliphatic heterocycles. The zero-order valence-electron chi connectivity index (χ0n) is 10.8. The summed E-state index contributed by atoms with van der Waals surface area (Å²) >= 11 is 2.04. The summed E-state index contributed by atoms with van der Waals surface area (Å²) in [7, 11) is 0. The summed E-state index contributed by atoms with van der Waals surface area (Å²) in [6.07, 6.45) is 2.50. The van der Waals surface area contributed by atoms with Gasteiger partial charge in [0.15, 0.2) is 11.5 Å². The summed E-state index contributed by atoms with van der Waals surface area (Å²) in [5.41, 5.74) is 1.16. The van der Waals surface area contributed by atoms with E-state index in [1.54, 1.807) is 6.07 Å². The second-order valence-corrected chi connectivity index (χ2v) is 5.73. The van der Waals surface area contributed by atoms with E-state index in [0.717, 1.165) is 12.1 Å². The van der Waals surface area contributed by atoms with Crippen LogP contribution in [-0.4, -0.2) is 29.3 Å². The van der Waals surface area contributed by atoms with Crippen molar-refractivity contribution < 1.29 is 9.84 Å². The molecule has 0 atom stereocenters. The number of nitrogens with one attached hydrogen (secondary N) is 1. The van der Waals surface area contributed by atoms with Crippen molar-refractivity contribution in [1.29, 1.82) is 0 Å². The fourth-order valence-electron chi connectivity index (χ4n) is 2.10.